The summed E-state index contributed by atoms with van der Waals surface area (Å²) in [5.74, 6) is 0.978. The molecular formula is C14H20N2O. The maximum absolute atomic E-state index is 8.41. The van der Waals surface area contributed by atoms with Crippen molar-refractivity contribution >= 4 is 0 Å². The van der Waals surface area contributed by atoms with E-state index in [0.29, 0.717) is 6.42 Å². The molecule has 1 aromatic rings. The third-order valence-corrected chi connectivity index (χ3v) is 2.73. The standard InChI is InChI=1S/C14H20N2O/c1-11-9-13(5-8-16-7-4-6-15)10-12(2)14(11)17-3/h9-10,16H,4-5,7-8H2,1-3H3. The van der Waals surface area contributed by atoms with Gasteiger partial charge in [0.25, 0.3) is 0 Å². The highest BCUT2D eigenvalue weighted by Crippen LogP contribution is 2.24. The number of rotatable bonds is 6. The van der Waals surface area contributed by atoms with Gasteiger partial charge in [0, 0.05) is 13.0 Å². The van der Waals surface area contributed by atoms with Crippen molar-refractivity contribution in [1.82, 2.24) is 5.32 Å². The van der Waals surface area contributed by atoms with Gasteiger partial charge in [0.2, 0.25) is 0 Å². The number of hydrogen-bond acceptors (Lipinski definition) is 3. The molecule has 1 rings (SSSR count). The smallest absolute Gasteiger partial charge is 0.124 e. The summed E-state index contributed by atoms with van der Waals surface area (Å²) in [6.07, 6.45) is 1.55. The molecule has 0 atom stereocenters. The number of methoxy groups -OCH3 is 1. The van der Waals surface area contributed by atoms with E-state index in [1.54, 1.807) is 7.11 Å². The fraction of sp³-hybridized carbons (Fsp3) is 0.500. The average molecular weight is 232 g/mol. The minimum atomic E-state index is 0.570. The van der Waals surface area contributed by atoms with Crippen molar-refractivity contribution in [3.63, 3.8) is 0 Å². The van der Waals surface area contributed by atoms with E-state index in [1.807, 2.05) is 0 Å². The Bertz CT molecular complexity index is 384. The molecule has 0 aliphatic heterocycles. The molecule has 0 heterocycles. The van der Waals surface area contributed by atoms with E-state index in [-0.39, 0.29) is 0 Å². The zero-order chi connectivity index (χ0) is 12.7. The largest absolute Gasteiger partial charge is 0.496 e. The molecule has 0 aromatic heterocycles. The summed E-state index contributed by atoms with van der Waals surface area (Å²) in [5, 5.41) is 11.7. The van der Waals surface area contributed by atoms with Crippen LogP contribution in [0.3, 0.4) is 0 Å². The molecule has 0 saturated carbocycles. The molecule has 0 unspecified atom stereocenters. The molecule has 0 aliphatic carbocycles. The Labute approximate surface area is 103 Å². The van der Waals surface area contributed by atoms with Gasteiger partial charge in [0.1, 0.15) is 5.75 Å². The van der Waals surface area contributed by atoms with Crippen LogP contribution in [0, 0.1) is 25.2 Å². The van der Waals surface area contributed by atoms with E-state index >= 15 is 0 Å². The first-order valence-electron chi connectivity index (χ1n) is 5.90. The number of hydrogen-bond donors (Lipinski definition) is 1. The monoisotopic (exact) mass is 232 g/mol. The van der Waals surface area contributed by atoms with Crippen molar-refractivity contribution in [3.05, 3.63) is 28.8 Å². The van der Waals surface area contributed by atoms with Gasteiger partial charge < -0.3 is 10.1 Å². The Morgan fingerprint density at radius 3 is 2.41 bits per heavy atom. The molecular weight excluding hydrogens is 212 g/mol. The molecule has 3 heteroatoms. The van der Waals surface area contributed by atoms with Crippen LogP contribution in [0.4, 0.5) is 0 Å². The normalized spacial score (nSPS) is 10.0. The van der Waals surface area contributed by atoms with Gasteiger partial charge in [-0.05, 0) is 43.5 Å². The molecule has 0 amide bonds. The van der Waals surface area contributed by atoms with E-state index in [9.17, 15) is 0 Å². The van der Waals surface area contributed by atoms with E-state index < -0.39 is 0 Å². The molecule has 17 heavy (non-hydrogen) atoms. The second kappa shape index (κ2) is 6.93. The molecule has 92 valence electrons. The first-order valence-corrected chi connectivity index (χ1v) is 5.90. The highest BCUT2D eigenvalue weighted by atomic mass is 16.5. The fourth-order valence-electron chi connectivity index (χ4n) is 2.01. The minimum Gasteiger partial charge on any atom is -0.496 e. The second-order valence-electron chi connectivity index (χ2n) is 4.17. The molecule has 0 aliphatic rings. The van der Waals surface area contributed by atoms with Gasteiger partial charge in [-0.2, -0.15) is 5.26 Å². The van der Waals surface area contributed by atoms with Gasteiger partial charge in [0.05, 0.1) is 13.2 Å². The number of benzene rings is 1. The molecule has 0 fully saturated rings. The lowest BCUT2D eigenvalue weighted by Crippen LogP contribution is -2.18. The fourth-order valence-corrected chi connectivity index (χ4v) is 2.01. The Morgan fingerprint density at radius 2 is 1.88 bits per heavy atom. The summed E-state index contributed by atoms with van der Waals surface area (Å²) < 4.78 is 5.34. The van der Waals surface area contributed by atoms with Crippen LogP contribution >= 0.6 is 0 Å². The number of nitrogens with zero attached hydrogens (tertiary/aromatic N) is 1. The quantitative estimate of drug-likeness (QED) is 0.766. The average Bonchev–Trinajstić information content (AvgIpc) is 2.28. The first-order chi connectivity index (χ1) is 8.19. The Balaban J connectivity index is 2.53. The third-order valence-electron chi connectivity index (χ3n) is 2.73. The van der Waals surface area contributed by atoms with Crippen LogP contribution in [0.25, 0.3) is 0 Å². The van der Waals surface area contributed by atoms with Gasteiger partial charge in [-0.1, -0.05) is 12.1 Å². The zero-order valence-corrected chi connectivity index (χ0v) is 10.8. The summed E-state index contributed by atoms with van der Waals surface area (Å²) in [4.78, 5) is 0. The summed E-state index contributed by atoms with van der Waals surface area (Å²) >= 11 is 0. The highest BCUT2D eigenvalue weighted by Gasteiger charge is 2.04. The topological polar surface area (TPSA) is 45.0 Å². The maximum atomic E-state index is 8.41. The van der Waals surface area contributed by atoms with Crippen molar-refractivity contribution in [2.24, 2.45) is 0 Å². The third kappa shape index (κ3) is 4.08. The van der Waals surface area contributed by atoms with Crippen LogP contribution in [-0.4, -0.2) is 20.2 Å². The van der Waals surface area contributed by atoms with Crippen molar-refractivity contribution in [2.45, 2.75) is 26.7 Å². The molecule has 1 N–H and O–H groups in total. The van der Waals surface area contributed by atoms with Gasteiger partial charge in [0.15, 0.2) is 0 Å². The van der Waals surface area contributed by atoms with Crippen LogP contribution in [-0.2, 0) is 6.42 Å². The van der Waals surface area contributed by atoms with Gasteiger partial charge in [-0.25, -0.2) is 0 Å². The van der Waals surface area contributed by atoms with Gasteiger partial charge >= 0.3 is 0 Å². The van der Waals surface area contributed by atoms with E-state index in [1.165, 1.54) is 16.7 Å². The SMILES string of the molecule is COc1c(C)cc(CCNCCC#N)cc1C. The number of nitrogens with one attached hydrogen (secondary N) is 1. The van der Waals surface area contributed by atoms with Gasteiger partial charge in [-0.15, -0.1) is 0 Å². The molecule has 0 saturated heterocycles. The summed E-state index contributed by atoms with van der Waals surface area (Å²) in [5.41, 5.74) is 3.67. The molecule has 0 spiro atoms. The lowest BCUT2D eigenvalue weighted by atomic mass is 10.0. The van der Waals surface area contributed by atoms with Crippen LogP contribution < -0.4 is 10.1 Å². The highest BCUT2D eigenvalue weighted by molar-refractivity contribution is 5.43. The van der Waals surface area contributed by atoms with Crippen molar-refractivity contribution in [2.75, 3.05) is 20.2 Å². The zero-order valence-electron chi connectivity index (χ0n) is 10.8. The minimum absolute atomic E-state index is 0.570. The number of ether oxygens (including phenoxy) is 1. The predicted octanol–water partition coefficient (Wildman–Crippen LogP) is 2.36. The summed E-state index contributed by atoms with van der Waals surface area (Å²) in [6.45, 7) is 5.81. The van der Waals surface area contributed by atoms with Gasteiger partial charge in [-0.3, -0.25) is 0 Å². The van der Waals surface area contributed by atoms with Crippen LogP contribution in [0.1, 0.15) is 23.1 Å². The Hall–Kier alpha value is -1.53. The lowest BCUT2D eigenvalue weighted by Gasteiger charge is -2.11. The Morgan fingerprint density at radius 1 is 1.24 bits per heavy atom. The van der Waals surface area contributed by atoms with Crippen LogP contribution in [0.2, 0.25) is 0 Å². The van der Waals surface area contributed by atoms with E-state index in [4.69, 9.17) is 10.00 Å². The molecule has 1 aromatic carbocycles. The number of aryl methyl sites for hydroxylation is 2. The van der Waals surface area contributed by atoms with Crippen molar-refractivity contribution < 1.29 is 4.74 Å². The van der Waals surface area contributed by atoms with E-state index in [0.717, 1.165) is 25.3 Å². The van der Waals surface area contributed by atoms with Crippen LogP contribution in [0.5, 0.6) is 5.75 Å². The summed E-state index contributed by atoms with van der Waals surface area (Å²) in [7, 11) is 1.71. The lowest BCUT2D eigenvalue weighted by molar-refractivity contribution is 0.408. The number of nitriles is 1. The predicted molar refractivity (Wildman–Crippen MR) is 69.3 cm³/mol. The van der Waals surface area contributed by atoms with Crippen molar-refractivity contribution in [3.8, 4) is 11.8 Å². The van der Waals surface area contributed by atoms with E-state index in [2.05, 4.69) is 37.4 Å². The molecule has 3 nitrogen and oxygen atoms in total. The Kier molecular flexibility index (Phi) is 5.51. The van der Waals surface area contributed by atoms with Crippen LogP contribution in [0.15, 0.2) is 12.1 Å². The van der Waals surface area contributed by atoms with Crippen molar-refractivity contribution in [1.29, 1.82) is 5.26 Å². The summed E-state index contributed by atoms with van der Waals surface area (Å²) in [6, 6.07) is 6.45. The second-order valence-corrected chi connectivity index (χ2v) is 4.17. The molecule has 0 bridgehead atoms. The maximum Gasteiger partial charge on any atom is 0.124 e. The first kappa shape index (κ1) is 13.5. The molecule has 0 radical (unpaired) electrons.